The minimum atomic E-state index is -1.04. The van der Waals surface area contributed by atoms with Gasteiger partial charge in [0.05, 0.1) is 18.7 Å². The number of amides is 3. The lowest BCUT2D eigenvalue weighted by Crippen LogP contribution is -2.46. The van der Waals surface area contributed by atoms with E-state index >= 15 is 0 Å². The van der Waals surface area contributed by atoms with Crippen LogP contribution in [0.2, 0.25) is 0 Å². The average Bonchev–Trinajstić information content (AvgIpc) is 2.83. The van der Waals surface area contributed by atoms with Gasteiger partial charge in [-0.2, -0.15) is 0 Å². The molecule has 3 N–H and O–H groups in total. The van der Waals surface area contributed by atoms with Crippen molar-refractivity contribution in [3.63, 3.8) is 0 Å². The fourth-order valence-corrected chi connectivity index (χ4v) is 3.62. The largest absolute Gasteiger partial charge is 0.456 e. The third-order valence-corrected chi connectivity index (χ3v) is 5.82. The Kier molecular flexibility index (Phi) is 11.3. The van der Waals surface area contributed by atoms with Gasteiger partial charge in [-0.25, -0.2) is 14.2 Å². The van der Waals surface area contributed by atoms with Gasteiger partial charge in [0.25, 0.3) is 11.8 Å². The summed E-state index contributed by atoms with van der Waals surface area (Å²) in [5.41, 5.74) is -0.458. The van der Waals surface area contributed by atoms with Crippen molar-refractivity contribution in [2.45, 2.75) is 58.7 Å². The summed E-state index contributed by atoms with van der Waals surface area (Å²) >= 11 is 1.14. The lowest BCUT2D eigenvalue weighted by Gasteiger charge is -2.21. The number of esters is 1. The highest BCUT2D eigenvalue weighted by Gasteiger charge is 2.26. The number of halogens is 1. The summed E-state index contributed by atoms with van der Waals surface area (Å²) in [6.07, 6.45) is 4.03. The number of hydrogen-bond donors (Lipinski definition) is 3. The number of thioether (sulfide) groups is 1. The highest BCUT2D eigenvalue weighted by molar-refractivity contribution is 8.13. The Morgan fingerprint density at radius 1 is 1.25 bits per heavy atom. The first-order chi connectivity index (χ1) is 17.1. The Morgan fingerprint density at radius 3 is 2.67 bits per heavy atom. The van der Waals surface area contributed by atoms with Crippen molar-refractivity contribution in [2.24, 2.45) is 0 Å². The lowest BCUT2D eigenvalue weighted by atomic mass is 10.1. The summed E-state index contributed by atoms with van der Waals surface area (Å²) in [6, 6.07) is 1.16. The van der Waals surface area contributed by atoms with Gasteiger partial charge in [-0.3, -0.25) is 19.2 Å². The highest BCUT2D eigenvalue weighted by atomic mass is 32.2. The number of nitrogens with one attached hydrogen (secondary N) is 3. The van der Waals surface area contributed by atoms with E-state index in [2.05, 4.69) is 20.9 Å². The summed E-state index contributed by atoms with van der Waals surface area (Å²) in [5.74, 6) is -3.01. The van der Waals surface area contributed by atoms with Gasteiger partial charge in [-0.15, -0.1) is 0 Å². The first-order valence-electron chi connectivity index (χ1n) is 11.4. The van der Waals surface area contributed by atoms with Crippen LogP contribution in [0.1, 0.15) is 56.2 Å². The summed E-state index contributed by atoms with van der Waals surface area (Å²) in [6.45, 7) is 4.34. The average molecular weight is 521 g/mol. The zero-order valence-corrected chi connectivity index (χ0v) is 21.1. The normalized spacial score (nSPS) is 21.1. The van der Waals surface area contributed by atoms with Gasteiger partial charge >= 0.3 is 5.97 Å². The topological polar surface area (TPSA) is 144 Å². The molecule has 0 aliphatic carbocycles. The van der Waals surface area contributed by atoms with Gasteiger partial charge in [-0.1, -0.05) is 30.8 Å². The van der Waals surface area contributed by atoms with Crippen molar-refractivity contribution in [1.82, 2.24) is 20.9 Å². The van der Waals surface area contributed by atoms with E-state index in [1.807, 2.05) is 0 Å². The molecular formula is C24H29FN4O6S. The summed E-state index contributed by atoms with van der Waals surface area (Å²) in [5, 5.41) is 7.40. The molecule has 0 saturated heterocycles. The number of allylic oxidation sites excluding steroid dienone is 2. The maximum absolute atomic E-state index is 14.2. The number of nitrogens with zero attached hydrogens (tertiary/aromatic N) is 1. The van der Waals surface area contributed by atoms with Gasteiger partial charge in [0, 0.05) is 12.7 Å². The van der Waals surface area contributed by atoms with Crippen LogP contribution < -0.4 is 16.0 Å². The van der Waals surface area contributed by atoms with Crippen LogP contribution in [0.3, 0.4) is 0 Å². The molecule has 3 amide bonds. The third kappa shape index (κ3) is 8.91. The van der Waals surface area contributed by atoms with Gasteiger partial charge < -0.3 is 20.7 Å². The number of carbonyl (C=O) groups excluding carboxylic acids is 5. The molecule has 0 aromatic carbocycles. The molecule has 0 saturated carbocycles. The van der Waals surface area contributed by atoms with Crippen LogP contribution in [0.5, 0.6) is 0 Å². The molecule has 0 unspecified atom stereocenters. The van der Waals surface area contributed by atoms with E-state index in [4.69, 9.17) is 4.74 Å². The van der Waals surface area contributed by atoms with Gasteiger partial charge in [0.2, 0.25) is 5.91 Å². The van der Waals surface area contributed by atoms with Crippen molar-refractivity contribution < 1.29 is 33.1 Å². The predicted molar refractivity (Wildman–Crippen MR) is 131 cm³/mol. The van der Waals surface area contributed by atoms with Crippen molar-refractivity contribution in [1.29, 1.82) is 0 Å². The fourth-order valence-electron chi connectivity index (χ4n) is 3.08. The Labute approximate surface area is 212 Å². The van der Waals surface area contributed by atoms with E-state index < -0.39 is 41.7 Å². The molecule has 36 heavy (non-hydrogen) atoms. The van der Waals surface area contributed by atoms with Gasteiger partial charge in [0.1, 0.15) is 29.4 Å². The van der Waals surface area contributed by atoms with Crippen molar-refractivity contribution >= 4 is 40.6 Å². The smallest absolute Gasteiger partial charge is 0.329 e. The maximum Gasteiger partial charge on any atom is 0.329 e. The molecule has 1 aromatic rings. The third-order valence-electron chi connectivity index (χ3n) is 4.98. The predicted octanol–water partition coefficient (Wildman–Crippen LogP) is 1.91. The summed E-state index contributed by atoms with van der Waals surface area (Å²) in [4.78, 5) is 65.7. The molecule has 0 spiro atoms. The molecule has 1 aromatic heterocycles. The van der Waals surface area contributed by atoms with Crippen LogP contribution in [-0.4, -0.2) is 51.7 Å². The first-order valence-corrected chi connectivity index (χ1v) is 12.3. The zero-order valence-electron chi connectivity index (χ0n) is 20.3. The lowest BCUT2D eigenvalue weighted by molar-refractivity contribution is -0.151. The number of hydrogen-bond acceptors (Lipinski definition) is 8. The number of ether oxygens (including phenoxy) is 1. The van der Waals surface area contributed by atoms with E-state index in [9.17, 15) is 28.4 Å². The second-order valence-electron chi connectivity index (χ2n) is 7.73. The molecule has 0 radical (unpaired) electrons. The monoisotopic (exact) mass is 520 g/mol. The number of rotatable bonds is 5. The minimum Gasteiger partial charge on any atom is -0.456 e. The molecule has 1 aliphatic rings. The van der Waals surface area contributed by atoms with E-state index in [1.54, 1.807) is 13.0 Å². The van der Waals surface area contributed by atoms with Crippen LogP contribution in [0.25, 0.3) is 0 Å². The van der Waals surface area contributed by atoms with E-state index in [0.29, 0.717) is 12.2 Å². The molecule has 2 atom stereocenters. The molecule has 12 heteroatoms. The SMILES string of the molecule is C/C=C1\NC(=O)c2ccc(F)c(n2)CNC(=O)C[C@@H](/C=C/CCSC(C)=O)OC(=O)[C@H](CC)NC1=O. The standard InChI is InChI=1S/C24H29FN4O6S/c1-4-17-22(32)29-18(5-2)24(34)35-15(8-6-7-11-36-14(3)30)12-21(31)26-13-20-16(25)9-10-19(27-20)23(33)28-17/h4,6,8-10,15,18H,5,7,11-13H2,1-3H3,(H,26,31)(H,28,33)(H,29,32)/b8-6+,17-4-/t15-,18+/m1/s1. The Balaban J connectivity index is 2.33. The van der Waals surface area contributed by atoms with E-state index in [0.717, 1.165) is 23.9 Å². The van der Waals surface area contributed by atoms with Crippen LogP contribution in [0.4, 0.5) is 4.39 Å². The summed E-state index contributed by atoms with van der Waals surface area (Å²) < 4.78 is 19.7. The van der Waals surface area contributed by atoms with Crippen molar-refractivity contribution in [3.8, 4) is 0 Å². The molecular weight excluding hydrogens is 491 g/mol. The molecule has 10 nitrogen and oxygen atoms in total. The van der Waals surface area contributed by atoms with Crippen molar-refractivity contribution in [3.05, 3.63) is 53.3 Å². The van der Waals surface area contributed by atoms with Crippen LogP contribution in [0.15, 0.2) is 36.1 Å². The maximum atomic E-state index is 14.2. The Bertz CT molecular complexity index is 1070. The van der Waals surface area contributed by atoms with Gasteiger partial charge in [0.15, 0.2) is 5.12 Å². The van der Waals surface area contributed by atoms with E-state index in [-0.39, 0.29) is 41.6 Å². The van der Waals surface area contributed by atoms with Crippen LogP contribution in [-0.2, 0) is 30.5 Å². The number of cyclic esters (lactones) is 1. The molecule has 194 valence electrons. The Hall–Kier alpha value is -3.54. The number of fused-ring (bicyclic) bond motifs is 2. The molecule has 0 fully saturated rings. The molecule has 1 aliphatic heterocycles. The highest BCUT2D eigenvalue weighted by Crippen LogP contribution is 2.11. The quantitative estimate of drug-likeness (QED) is 0.231. The molecule has 2 rings (SSSR count). The van der Waals surface area contributed by atoms with Crippen molar-refractivity contribution in [2.75, 3.05) is 5.75 Å². The second kappa shape index (κ2) is 14.1. The van der Waals surface area contributed by atoms with Crippen LogP contribution in [0, 0.1) is 5.82 Å². The Morgan fingerprint density at radius 2 is 2.00 bits per heavy atom. The molecule has 2 bridgehead atoms. The number of pyridine rings is 1. The first kappa shape index (κ1) is 28.7. The minimum absolute atomic E-state index is 0.0259. The number of carbonyl (C=O) groups is 5. The number of aromatic nitrogens is 1. The fraction of sp³-hybridized carbons (Fsp3) is 0.417. The van der Waals surface area contributed by atoms with E-state index in [1.165, 1.54) is 26.0 Å². The molecule has 2 heterocycles. The van der Waals surface area contributed by atoms with Gasteiger partial charge in [-0.05, 0) is 38.0 Å². The summed E-state index contributed by atoms with van der Waals surface area (Å²) in [7, 11) is 0. The zero-order chi connectivity index (χ0) is 26.7. The second-order valence-corrected chi connectivity index (χ2v) is 9.00. The van der Waals surface area contributed by atoms with Crippen LogP contribution >= 0.6 is 11.8 Å².